The Morgan fingerprint density at radius 1 is 1.23 bits per heavy atom. The number of hydrogen-bond acceptors (Lipinski definition) is 4. The fraction of sp³-hybridized carbons (Fsp3) is 0.421. The number of nitrogens with one attached hydrogen (secondary N) is 1. The summed E-state index contributed by atoms with van der Waals surface area (Å²) >= 11 is 0. The van der Waals surface area contributed by atoms with Crippen molar-refractivity contribution in [1.29, 1.82) is 0 Å². The van der Waals surface area contributed by atoms with E-state index in [0.29, 0.717) is 17.6 Å². The van der Waals surface area contributed by atoms with Gasteiger partial charge in [0.05, 0.1) is 0 Å². The summed E-state index contributed by atoms with van der Waals surface area (Å²) in [5.41, 5.74) is 1.92. The lowest BCUT2D eigenvalue weighted by atomic mass is 9.89. The van der Waals surface area contributed by atoms with Crippen molar-refractivity contribution < 1.29 is 13.6 Å². The smallest absolute Gasteiger partial charge is 0.264 e. The predicted octanol–water partition coefficient (Wildman–Crippen LogP) is 4.19. The van der Waals surface area contributed by atoms with Crippen molar-refractivity contribution in [1.82, 2.24) is 14.9 Å². The number of anilines is 2. The molecule has 2 aromatic rings. The number of alkyl halides is 2. The third kappa shape index (κ3) is 4.33. The molecule has 0 aromatic carbocycles. The molecule has 0 saturated carbocycles. The Labute approximate surface area is 151 Å². The van der Waals surface area contributed by atoms with Crippen LogP contribution in [0.4, 0.5) is 20.4 Å². The molecule has 138 valence electrons. The fourth-order valence-electron chi connectivity index (χ4n) is 3.30. The maximum absolute atomic E-state index is 12.8. The standard InChI is InChI=1S/C19H22F2N4O/c1-12-9-16(14-4-7-25(8-5-14)13(2)26)11-18(23-12)24-17-10-15(19(20)21)3-6-22-17/h3,6,9-11,14,19H,4-5,7-8H2,1-2H3,(H,22,23,24). The lowest BCUT2D eigenvalue weighted by Crippen LogP contribution is -2.36. The van der Waals surface area contributed by atoms with E-state index in [2.05, 4.69) is 15.3 Å². The number of halogens is 2. The zero-order valence-corrected chi connectivity index (χ0v) is 14.9. The van der Waals surface area contributed by atoms with E-state index >= 15 is 0 Å². The van der Waals surface area contributed by atoms with Crippen LogP contribution in [0.3, 0.4) is 0 Å². The molecule has 0 radical (unpaired) electrons. The molecule has 1 amide bonds. The minimum absolute atomic E-state index is 0.0769. The normalized spacial score (nSPS) is 15.3. The van der Waals surface area contributed by atoms with Gasteiger partial charge in [0.15, 0.2) is 0 Å². The second-order valence-corrected chi connectivity index (χ2v) is 6.61. The predicted molar refractivity (Wildman–Crippen MR) is 95.7 cm³/mol. The molecule has 1 saturated heterocycles. The van der Waals surface area contributed by atoms with Gasteiger partial charge in [-0.1, -0.05) is 0 Å². The van der Waals surface area contributed by atoms with E-state index in [1.54, 1.807) is 6.92 Å². The largest absolute Gasteiger partial charge is 0.343 e. The van der Waals surface area contributed by atoms with Crippen molar-refractivity contribution in [2.24, 2.45) is 0 Å². The van der Waals surface area contributed by atoms with Gasteiger partial charge in [0.25, 0.3) is 6.43 Å². The summed E-state index contributed by atoms with van der Waals surface area (Å²) < 4.78 is 25.7. The second kappa shape index (κ2) is 7.76. The van der Waals surface area contributed by atoms with Crippen LogP contribution < -0.4 is 5.32 Å². The molecule has 0 bridgehead atoms. The highest BCUT2D eigenvalue weighted by molar-refractivity contribution is 5.73. The van der Waals surface area contributed by atoms with E-state index in [9.17, 15) is 13.6 Å². The number of carbonyl (C=O) groups excluding carboxylic acids is 1. The Balaban J connectivity index is 1.76. The third-order valence-corrected chi connectivity index (χ3v) is 4.68. The molecular weight excluding hydrogens is 338 g/mol. The number of aromatic nitrogens is 2. The first-order chi connectivity index (χ1) is 12.4. The molecular formula is C19H22F2N4O. The number of likely N-dealkylation sites (tertiary alicyclic amines) is 1. The molecule has 0 unspecified atom stereocenters. The molecule has 0 atom stereocenters. The fourth-order valence-corrected chi connectivity index (χ4v) is 3.30. The minimum Gasteiger partial charge on any atom is -0.343 e. The molecule has 5 nitrogen and oxygen atoms in total. The van der Waals surface area contributed by atoms with Crippen molar-refractivity contribution in [3.8, 4) is 0 Å². The zero-order chi connectivity index (χ0) is 18.7. The lowest BCUT2D eigenvalue weighted by Gasteiger charge is -2.31. The Morgan fingerprint density at radius 3 is 2.62 bits per heavy atom. The third-order valence-electron chi connectivity index (χ3n) is 4.68. The molecule has 3 rings (SSSR count). The molecule has 2 aromatic heterocycles. The van der Waals surface area contributed by atoms with Crippen molar-refractivity contribution in [3.63, 3.8) is 0 Å². The summed E-state index contributed by atoms with van der Waals surface area (Å²) in [5, 5.41) is 3.03. The number of nitrogens with zero attached hydrogens (tertiary/aromatic N) is 3. The number of pyridine rings is 2. The molecule has 0 spiro atoms. The van der Waals surface area contributed by atoms with Crippen molar-refractivity contribution in [2.75, 3.05) is 18.4 Å². The number of aryl methyl sites for hydroxylation is 1. The van der Waals surface area contributed by atoms with Gasteiger partial charge in [-0.15, -0.1) is 0 Å². The van der Waals surface area contributed by atoms with Gasteiger partial charge in [0.2, 0.25) is 5.91 Å². The summed E-state index contributed by atoms with van der Waals surface area (Å²) in [7, 11) is 0. The van der Waals surface area contributed by atoms with Gasteiger partial charge in [-0.3, -0.25) is 4.79 Å². The van der Waals surface area contributed by atoms with Gasteiger partial charge in [0.1, 0.15) is 11.6 Å². The number of amides is 1. The van der Waals surface area contributed by atoms with Crippen LogP contribution in [0.25, 0.3) is 0 Å². The topological polar surface area (TPSA) is 58.1 Å². The lowest BCUT2D eigenvalue weighted by molar-refractivity contribution is -0.129. The average molecular weight is 360 g/mol. The Morgan fingerprint density at radius 2 is 1.96 bits per heavy atom. The highest BCUT2D eigenvalue weighted by Gasteiger charge is 2.22. The van der Waals surface area contributed by atoms with Crippen LogP contribution in [-0.2, 0) is 4.79 Å². The second-order valence-electron chi connectivity index (χ2n) is 6.61. The molecule has 0 aliphatic carbocycles. The monoisotopic (exact) mass is 360 g/mol. The van der Waals surface area contributed by atoms with Crippen LogP contribution in [-0.4, -0.2) is 33.9 Å². The zero-order valence-electron chi connectivity index (χ0n) is 14.9. The van der Waals surface area contributed by atoms with E-state index in [0.717, 1.165) is 37.2 Å². The quantitative estimate of drug-likeness (QED) is 0.888. The van der Waals surface area contributed by atoms with E-state index in [1.807, 2.05) is 24.0 Å². The van der Waals surface area contributed by atoms with Crippen LogP contribution in [0.1, 0.15) is 48.9 Å². The SMILES string of the molecule is CC(=O)N1CCC(c2cc(C)nc(Nc3cc(C(F)F)ccn3)c2)CC1. The average Bonchev–Trinajstić information content (AvgIpc) is 2.61. The highest BCUT2D eigenvalue weighted by atomic mass is 19.3. The number of carbonyl (C=O) groups is 1. The number of piperidine rings is 1. The van der Waals surface area contributed by atoms with E-state index < -0.39 is 6.43 Å². The molecule has 1 aliphatic rings. The number of rotatable bonds is 4. The maximum Gasteiger partial charge on any atom is 0.264 e. The first-order valence-electron chi connectivity index (χ1n) is 8.67. The Hall–Kier alpha value is -2.57. The van der Waals surface area contributed by atoms with Gasteiger partial charge in [-0.2, -0.15) is 0 Å². The van der Waals surface area contributed by atoms with E-state index in [-0.39, 0.29) is 11.5 Å². The molecule has 26 heavy (non-hydrogen) atoms. The van der Waals surface area contributed by atoms with Gasteiger partial charge < -0.3 is 10.2 Å². The molecule has 3 heterocycles. The summed E-state index contributed by atoms with van der Waals surface area (Å²) in [5.74, 6) is 1.40. The summed E-state index contributed by atoms with van der Waals surface area (Å²) in [6.07, 6.45) is 0.632. The van der Waals surface area contributed by atoms with Crippen molar-refractivity contribution in [3.05, 3.63) is 47.3 Å². The number of hydrogen-bond donors (Lipinski definition) is 1. The molecule has 7 heteroatoms. The van der Waals surface area contributed by atoms with E-state index in [1.165, 1.54) is 18.3 Å². The molecule has 1 aliphatic heterocycles. The first kappa shape index (κ1) is 18.2. The van der Waals surface area contributed by atoms with Crippen molar-refractivity contribution in [2.45, 2.75) is 39.0 Å². The van der Waals surface area contributed by atoms with Crippen LogP contribution in [0.5, 0.6) is 0 Å². The van der Waals surface area contributed by atoms with Crippen molar-refractivity contribution >= 4 is 17.5 Å². The Kier molecular flexibility index (Phi) is 5.44. The van der Waals surface area contributed by atoms with Gasteiger partial charge in [-0.25, -0.2) is 18.7 Å². The first-order valence-corrected chi connectivity index (χ1v) is 8.67. The summed E-state index contributed by atoms with van der Waals surface area (Å²) in [6, 6.07) is 6.62. The Bertz CT molecular complexity index is 789. The van der Waals surface area contributed by atoms with Gasteiger partial charge in [-0.05, 0) is 55.5 Å². The molecule has 1 fully saturated rings. The highest BCUT2D eigenvalue weighted by Crippen LogP contribution is 2.30. The van der Waals surface area contributed by atoms with Crippen LogP contribution in [0, 0.1) is 6.92 Å². The van der Waals surface area contributed by atoms with E-state index in [4.69, 9.17) is 0 Å². The minimum atomic E-state index is -2.54. The van der Waals surface area contributed by atoms with Gasteiger partial charge >= 0.3 is 0 Å². The van der Waals surface area contributed by atoms with Crippen LogP contribution in [0.2, 0.25) is 0 Å². The van der Waals surface area contributed by atoms with Crippen LogP contribution in [0.15, 0.2) is 30.5 Å². The summed E-state index contributed by atoms with van der Waals surface area (Å²) in [4.78, 5) is 21.9. The van der Waals surface area contributed by atoms with Gasteiger partial charge in [0, 0.05) is 37.5 Å². The van der Waals surface area contributed by atoms with Crippen LogP contribution >= 0.6 is 0 Å². The summed E-state index contributed by atoms with van der Waals surface area (Å²) in [6.45, 7) is 5.01. The molecule has 1 N–H and O–H groups in total. The maximum atomic E-state index is 12.8.